The molecule has 2 aromatic heterocycles. The molecule has 0 aliphatic carbocycles. The molecule has 1 atom stereocenters. The molecule has 1 aromatic carbocycles. The first-order valence-electron chi connectivity index (χ1n) is 10.2. The molecule has 0 spiro atoms. The van der Waals surface area contributed by atoms with E-state index in [9.17, 15) is 18.4 Å². The van der Waals surface area contributed by atoms with Gasteiger partial charge in [0.05, 0.1) is 31.1 Å². The van der Waals surface area contributed by atoms with Crippen LogP contribution in [0.2, 0.25) is 0 Å². The van der Waals surface area contributed by atoms with Crippen molar-refractivity contribution in [3.63, 3.8) is 0 Å². The predicted octanol–water partition coefficient (Wildman–Crippen LogP) is 3.96. The maximum absolute atomic E-state index is 12.9. The van der Waals surface area contributed by atoms with Crippen LogP contribution in [0.1, 0.15) is 22.2 Å². The van der Waals surface area contributed by atoms with Crippen molar-refractivity contribution >= 4 is 23.2 Å². The van der Waals surface area contributed by atoms with Crippen molar-refractivity contribution in [1.82, 2.24) is 9.55 Å². The minimum absolute atomic E-state index is 0.160. The highest BCUT2D eigenvalue weighted by atomic mass is 35.5. The first kappa shape index (κ1) is 23.8. The van der Waals surface area contributed by atoms with E-state index in [0.29, 0.717) is 42.3 Å². The number of ether oxygens (including phenoxy) is 3. The topological polar surface area (TPSA) is 91.7 Å². The number of hydrogen-bond donors (Lipinski definition) is 1. The molecule has 178 valence electrons. The molecule has 3 aromatic rings. The van der Waals surface area contributed by atoms with Crippen molar-refractivity contribution in [1.29, 1.82) is 0 Å². The Labute approximate surface area is 198 Å². The van der Waals surface area contributed by atoms with Gasteiger partial charge in [-0.25, -0.2) is 0 Å². The molecule has 1 aliphatic heterocycles. The third-order valence-electron chi connectivity index (χ3n) is 5.06. The molecule has 4 rings (SSSR count). The molecule has 34 heavy (non-hydrogen) atoms. The predicted molar refractivity (Wildman–Crippen MR) is 120 cm³/mol. The van der Waals surface area contributed by atoms with E-state index in [4.69, 9.17) is 21.1 Å². The molecule has 1 saturated heterocycles. The Hall–Kier alpha value is -3.34. The van der Waals surface area contributed by atoms with Gasteiger partial charge in [0, 0.05) is 48.4 Å². The maximum Gasteiger partial charge on any atom is 0.487 e. The SMILES string of the molecule is Cn1ccc(-c2cc(C(=O)Nc3ccc(OC(F)(F)Cl)cc3)cnc2C2COCCO2)cc1=O. The molecule has 0 saturated carbocycles. The third kappa shape index (κ3) is 5.77. The van der Waals surface area contributed by atoms with Crippen LogP contribution in [0.3, 0.4) is 0 Å². The molecule has 1 amide bonds. The summed E-state index contributed by atoms with van der Waals surface area (Å²) >= 11 is 4.75. The van der Waals surface area contributed by atoms with Crippen LogP contribution >= 0.6 is 11.6 Å². The molecule has 1 unspecified atom stereocenters. The zero-order valence-electron chi connectivity index (χ0n) is 18.0. The number of pyridine rings is 2. The molecule has 1 aliphatic rings. The highest BCUT2D eigenvalue weighted by molar-refractivity contribution is 6.20. The van der Waals surface area contributed by atoms with Gasteiger partial charge in [-0.15, -0.1) is 8.78 Å². The summed E-state index contributed by atoms with van der Waals surface area (Å²) in [6.45, 7) is 1.18. The summed E-state index contributed by atoms with van der Waals surface area (Å²) in [4.78, 5) is 29.5. The number of nitrogens with zero attached hydrogens (tertiary/aromatic N) is 2. The minimum atomic E-state index is -3.83. The second-order valence-corrected chi connectivity index (χ2v) is 7.92. The van der Waals surface area contributed by atoms with Gasteiger partial charge in [-0.2, -0.15) is 0 Å². The monoisotopic (exact) mass is 491 g/mol. The number of aromatic nitrogens is 2. The van der Waals surface area contributed by atoms with E-state index in [2.05, 4.69) is 15.0 Å². The number of hydrogen-bond acceptors (Lipinski definition) is 6. The van der Waals surface area contributed by atoms with Gasteiger partial charge >= 0.3 is 5.57 Å². The average molecular weight is 492 g/mol. The minimum Gasteiger partial charge on any atom is -0.420 e. The number of alkyl halides is 3. The van der Waals surface area contributed by atoms with Crippen molar-refractivity contribution in [3.05, 3.63) is 76.5 Å². The van der Waals surface area contributed by atoms with E-state index < -0.39 is 17.6 Å². The number of halogens is 3. The molecule has 8 nitrogen and oxygen atoms in total. The number of rotatable bonds is 6. The summed E-state index contributed by atoms with van der Waals surface area (Å²) < 4.78 is 42.5. The van der Waals surface area contributed by atoms with Crippen molar-refractivity contribution in [2.45, 2.75) is 11.7 Å². The van der Waals surface area contributed by atoms with E-state index in [1.807, 2.05) is 0 Å². The molecular formula is C23H20ClF2N3O5. The van der Waals surface area contributed by atoms with Crippen LogP contribution in [-0.4, -0.2) is 40.8 Å². The normalized spacial score (nSPS) is 16.2. The first-order valence-corrected chi connectivity index (χ1v) is 10.6. The fourth-order valence-electron chi connectivity index (χ4n) is 3.39. The standard InChI is InChI=1S/C23H20ClF2N3O5/c1-29-7-6-14(11-20(29)30)18-10-15(12-27-21(18)19-13-32-8-9-33-19)22(31)28-16-2-4-17(5-3-16)34-23(24,25)26/h2-7,10-12,19H,8-9,13H2,1H3,(H,28,31). The van der Waals surface area contributed by atoms with Crippen LogP contribution in [0.25, 0.3) is 11.1 Å². The van der Waals surface area contributed by atoms with Crippen molar-refractivity contribution in [2.75, 3.05) is 25.1 Å². The second-order valence-electron chi connectivity index (χ2n) is 7.48. The van der Waals surface area contributed by atoms with Crippen LogP contribution in [-0.2, 0) is 16.5 Å². The highest BCUT2D eigenvalue weighted by Gasteiger charge is 2.27. The summed E-state index contributed by atoms with van der Waals surface area (Å²) in [5.41, 5.74) is -1.79. The Balaban J connectivity index is 1.62. The van der Waals surface area contributed by atoms with Gasteiger partial charge in [0.15, 0.2) is 0 Å². The van der Waals surface area contributed by atoms with Crippen LogP contribution < -0.4 is 15.6 Å². The summed E-state index contributed by atoms with van der Waals surface area (Å²) in [5.74, 6) is -0.645. The van der Waals surface area contributed by atoms with Crippen LogP contribution in [0, 0.1) is 0 Å². The van der Waals surface area contributed by atoms with Gasteiger partial charge in [0.2, 0.25) is 0 Å². The van der Waals surface area contributed by atoms with Gasteiger partial charge in [-0.1, -0.05) is 0 Å². The third-order valence-corrected chi connectivity index (χ3v) is 5.14. The molecule has 0 bridgehead atoms. The number of benzene rings is 1. The van der Waals surface area contributed by atoms with Gasteiger partial charge in [0.1, 0.15) is 11.9 Å². The zero-order chi connectivity index (χ0) is 24.3. The Morgan fingerprint density at radius 2 is 2.00 bits per heavy atom. The average Bonchev–Trinajstić information content (AvgIpc) is 2.81. The number of anilines is 1. The number of nitrogens with one attached hydrogen (secondary N) is 1. The van der Waals surface area contributed by atoms with E-state index in [-0.39, 0.29) is 16.9 Å². The maximum atomic E-state index is 12.9. The summed E-state index contributed by atoms with van der Waals surface area (Å²) in [7, 11) is 1.64. The van der Waals surface area contributed by atoms with Crippen LogP contribution in [0.15, 0.2) is 59.7 Å². The van der Waals surface area contributed by atoms with Crippen molar-refractivity contribution in [3.8, 4) is 16.9 Å². The van der Waals surface area contributed by atoms with Gasteiger partial charge in [-0.05, 0) is 42.0 Å². The van der Waals surface area contributed by atoms with Gasteiger partial charge < -0.3 is 24.1 Å². The summed E-state index contributed by atoms with van der Waals surface area (Å²) in [5, 5.41) is 2.67. The highest BCUT2D eigenvalue weighted by Crippen LogP contribution is 2.31. The fourth-order valence-corrected chi connectivity index (χ4v) is 3.48. The zero-order valence-corrected chi connectivity index (χ0v) is 18.7. The number of carbonyl (C=O) groups excluding carboxylic acids is 1. The van der Waals surface area contributed by atoms with E-state index in [0.717, 1.165) is 0 Å². The summed E-state index contributed by atoms with van der Waals surface area (Å²) in [6, 6.07) is 10.1. The van der Waals surface area contributed by atoms with Crippen LogP contribution in [0.4, 0.5) is 14.5 Å². The Morgan fingerprint density at radius 1 is 1.24 bits per heavy atom. The first-order chi connectivity index (χ1) is 16.2. The van der Waals surface area contributed by atoms with E-state index in [1.54, 1.807) is 25.4 Å². The molecule has 3 heterocycles. The number of carbonyl (C=O) groups is 1. The van der Waals surface area contributed by atoms with Gasteiger partial charge in [-0.3, -0.25) is 14.6 Å². The fraction of sp³-hybridized carbons (Fsp3) is 0.261. The van der Waals surface area contributed by atoms with E-state index in [1.165, 1.54) is 41.1 Å². The lowest BCUT2D eigenvalue weighted by Gasteiger charge is -2.24. The molecule has 0 radical (unpaired) electrons. The Morgan fingerprint density at radius 3 is 2.65 bits per heavy atom. The van der Waals surface area contributed by atoms with Gasteiger partial charge in [0.25, 0.3) is 11.5 Å². The largest absolute Gasteiger partial charge is 0.487 e. The van der Waals surface area contributed by atoms with E-state index >= 15 is 0 Å². The summed E-state index contributed by atoms with van der Waals surface area (Å²) in [6.07, 6.45) is 2.58. The molecule has 1 N–H and O–H groups in total. The number of amides is 1. The Bertz CT molecular complexity index is 1240. The lowest BCUT2D eigenvalue weighted by molar-refractivity contribution is -0.0964. The number of aryl methyl sites for hydroxylation is 1. The quantitative estimate of drug-likeness (QED) is 0.525. The van der Waals surface area contributed by atoms with Crippen molar-refractivity contribution in [2.24, 2.45) is 7.05 Å². The second kappa shape index (κ2) is 9.88. The molecular weight excluding hydrogens is 472 g/mol. The molecule has 1 fully saturated rings. The lowest BCUT2D eigenvalue weighted by atomic mass is 9.99. The Kier molecular flexibility index (Phi) is 6.92. The van der Waals surface area contributed by atoms with Crippen LogP contribution in [0.5, 0.6) is 5.75 Å². The smallest absolute Gasteiger partial charge is 0.420 e. The molecule has 11 heteroatoms. The van der Waals surface area contributed by atoms with Crippen molar-refractivity contribution < 1.29 is 27.8 Å². The lowest BCUT2D eigenvalue weighted by Crippen LogP contribution is -2.24.